The first-order valence-electron chi connectivity index (χ1n) is 8.91. The predicted octanol–water partition coefficient (Wildman–Crippen LogP) is 7.21. The number of fused-ring (bicyclic) bond motifs is 4. The van der Waals surface area contributed by atoms with Crippen molar-refractivity contribution < 1.29 is 0 Å². The molecule has 4 aromatic rings. The lowest BCUT2D eigenvalue weighted by Gasteiger charge is -2.33. The van der Waals surface area contributed by atoms with E-state index in [0.29, 0.717) is 10.5 Å². The third-order valence-electron chi connectivity index (χ3n) is 5.50. The van der Waals surface area contributed by atoms with Crippen LogP contribution in [-0.4, -0.2) is 12.5 Å². The number of benzene rings is 4. The summed E-state index contributed by atoms with van der Waals surface area (Å²) in [6.45, 7) is 0. The fourth-order valence-corrected chi connectivity index (χ4v) is 6.13. The summed E-state index contributed by atoms with van der Waals surface area (Å²) >= 11 is 3.90. The van der Waals surface area contributed by atoms with Gasteiger partial charge in [0.05, 0.1) is 10.5 Å². The summed E-state index contributed by atoms with van der Waals surface area (Å²) in [6, 6.07) is 27.2. The fraction of sp³-hybridized carbons (Fsp3) is 0.167. The van der Waals surface area contributed by atoms with E-state index in [4.69, 9.17) is 0 Å². The Hall–Kier alpha value is -1.90. The van der Waals surface area contributed by atoms with Gasteiger partial charge in [0, 0.05) is 0 Å². The van der Waals surface area contributed by atoms with Gasteiger partial charge in [0.25, 0.3) is 0 Å². The molecular formula is C24H20S2. The summed E-state index contributed by atoms with van der Waals surface area (Å²) in [5, 5.41) is 6.17. The molecule has 4 aromatic carbocycles. The average molecular weight is 373 g/mol. The largest absolute Gasteiger partial charge is 0.152 e. The zero-order valence-corrected chi connectivity index (χ0v) is 16.5. The van der Waals surface area contributed by atoms with Crippen LogP contribution < -0.4 is 0 Å². The van der Waals surface area contributed by atoms with Gasteiger partial charge in [-0.1, -0.05) is 48.5 Å². The van der Waals surface area contributed by atoms with Gasteiger partial charge in [0.1, 0.15) is 0 Å². The van der Waals surface area contributed by atoms with Crippen molar-refractivity contribution in [3.63, 3.8) is 0 Å². The van der Waals surface area contributed by atoms with Gasteiger partial charge in [-0.15, -0.1) is 0 Å². The first-order chi connectivity index (χ1) is 12.8. The second kappa shape index (κ2) is 6.37. The van der Waals surface area contributed by atoms with Gasteiger partial charge in [0.2, 0.25) is 0 Å². The zero-order valence-electron chi connectivity index (χ0n) is 14.9. The molecule has 0 aliphatic heterocycles. The number of hydrogen-bond acceptors (Lipinski definition) is 2. The Balaban J connectivity index is 1.83. The van der Waals surface area contributed by atoms with Crippen molar-refractivity contribution in [3.05, 3.63) is 95.1 Å². The Morgan fingerprint density at radius 3 is 1.00 bits per heavy atom. The maximum absolute atomic E-state index is 2.42. The maximum atomic E-state index is 2.42. The Morgan fingerprint density at radius 1 is 0.500 bits per heavy atom. The number of thioether (sulfide) groups is 2. The fourth-order valence-electron chi connectivity index (χ4n) is 4.30. The molecule has 0 unspecified atom stereocenters. The zero-order chi connectivity index (χ0) is 17.7. The minimum Gasteiger partial charge on any atom is -0.152 e. The first kappa shape index (κ1) is 16.3. The lowest BCUT2D eigenvalue weighted by Crippen LogP contribution is -2.15. The molecule has 0 bridgehead atoms. The van der Waals surface area contributed by atoms with Crippen LogP contribution in [0.4, 0.5) is 0 Å². The Labute approximate surface area is 163 Å². The van der Waals surface area contributed by atoms with Crippen LogP contribution in [0.3, 0.4) is 0 Å². The second-order valence-corrected chi connectivity index (χ2v) is 8.77. The Morgan fingerprint density at radius 2 is 0.769 bits per heavy atom. The van der Waals surface area contributed by atoms with Gasteiger partial charge >= 0.3 is 0 Å². The monoisotopic (exact) mass is 372 g/mol. The highest BCUT2D eigenvalue weighted by Crippen LogP contribution is 2.52. The summed E-state index contributed by atoms with van der Waals surface area (Å²) in [5.74, 6) is 0. The normalized spacial score (nSPS) is 18.7. The third-order valence-corrected chi connectivity index (χ3v) is 7.46. The Bertz CT molecular complexity index is 953. The third kappa shape index (κ3) is 2.39. The molecule has 0 heterocycles. The van der Waals surface area contributed by atoms with Crippen LogP contribution in [0.25, 0.3) is 21.5 Å². The number of hydrogen-bond donors (Lipinski definition) is 0. The van der Waals surface area contributed by atoms with E-state index in [-0.39, 0.29) is 0 Å². The van der Waals surface area contributed by atoms with Crippen molar-refractivity contribution in [2.45, 2.75) is 10.5 Å². The van der Waals surface area contributed by atoms with Crippen molar-refractivity contribution in [1.82, 2.24) is 0 Å². The molecule has 0 spiro atoms. The topological polar surface area (TPSA) is 0 Å². The minimum absolute atomic E-state index is 0.401. The first-order valence-corrected chi connectivity index (χ1v) is 11.5. The van der Waals surface area contributed by atoms with Crippen molar-refractivity contribution in [1.29, 1.82) is 0 Å². The van der Waals surface area contributed by atoms with E-state index >= 15 is 0 Å². The second-order valence-electron chi connectivity index (χ2n) is 6.89. The summed E-state index contributed by atoms with van der Waals surface area (Å²) in [6.07, 6.45) is 4.48. The molecule has 0 amide bonds. The van der Waals surface area contributed by atoms with Crippen molar-refractivity contribution in [2.75, 3.05) is 12.5 Å². The lowest BCUT2D eigenvalue weighted by atomic mass is 9.82. The van der Waals surface area contributed by atoms with Crippen LogP contribution >= 0.6 is 23.5 Å². The van der Waals surface area contributed by atoms with E-state index in [0.717, 1.165) is 0 Å². The average Bonchev–Trinajstić information content (AvgIpc) is 2.69. The van der Waals surface area contributed by atoms with Gasteiger partial charge in [-0.05, 0) is 80.6 Å². The molecule has 0 saturated carbocycles. The number of rotatable bonds is 2. The molecule has 1 aliphatic carbocycles. The minimum atomic E-state index is 0.401. The lowest BCUT2D eigenvalue weighted by molar-refractivity contribution is 0.980. The van der Waals surface area contributed by atoms with Crippen molar-refractivity contribution in [2.24, 2.45) is 0 Å². The SMILES string of the molecule is CSC1c2cc3ccccc3cc2C(SC)c2cc3ccccc3cc21. The highest BCUT2D eigenvalue weighted by molar-refractivity contribution is 7.99. The predicted molar refractivity (Wildman–Crippen MR) is 119 cm³/mol. The molecule has 0 atom stereocenters. The smallest absolute Gasteiger partial charge is 0.0550 e. The molecule has 0 aromatic heterocycles. The summed E-state index contributed by atoms with van der Waals surface area (Å²) in [5.41, 5.74) is 5.94. The molecule has 5 rings (SSSR count). The van der Waals surface area contributed by atoms with Gasteiger partial charge in [-0.2, -0.15) is 23.5 Å². The summed E-state index contributed by atoms with van der Waals surface area (Å²) in [7, 11) is 0. The van der Waals surface area contributed by atoms with Gasteiger partial charge in [-0.3, -0.25) is 0 Å². The van der Waals surface area contributed by atoms with Crippen LogP contribution in [-0.2, 0) is 0 Å². The van der Waals surface area contributed by atoms with E-state index in [2.05, 4.69) is 85.3 Å². The molecular weight excluding hydrogens is 352 g/mol. The van der Waals surface area contributed by atoms with Gasteiger partial charge < -0.3 is 0 Å². The molecule has 0 saturated heterocycles. The molecule has 26 heavy (non-hydrogen) atoms. The molecule has 0 N–H and O–H groups in total. The maximum Gasteiger partial charge on any atom is 0.0550 e. The molecule has 128 valence electrons. The summed E-state index contributed by atoms with van der Waals surface area (Å²) < 4.78 is 0. The van der Waals surface area contributed by atoms with Crippen LogP contribution in [0.1, 0.15) is 32.8 Å². The van der Waals surface area contributed by atoms with E-state index in [9.17, 15) is 0 Å². The van der Waals surface area contributed by atoms with Crippen LogP contribution in [0.15, 0.2) is 72.8 Å². The van der Waals surface area contributed by atoms with Gasteiger partial charge in [0.15, 0.2) is 0 Å². The molecule has 0 fully saturated rings. The highest BCUT2D eigenvalue weighted by Gasteiger charge is 2.32. The van der Waals surface area contributed by atoms with Crippen LogP contribution in [0.5, 0.6) is 0 Å². The van der Waals surface area contributed by atoms with E-state index < -0.39 is 0 Å². The van der Waals surface area contributed by atoms with Crippen molar-refractivity contribution in [3.8, 4) is 0 Å². The van der Waals surface area contributed by atoms with Gasteiger partial charge in [-0.25, -0.2) is 0 Å². The van der Waals surface area contributed by atoms with E-state index in [1.54, 1.807) is 0 Å². The quantitative estimate of drug-likeness (QED) is 0.364. The molecule has 1 aliphatic rings. The molecule has 0 radical (unpaired) electrons. The van der Waals surface area contributed by atoms with Crippen LogP contribution in [0, 0.1) is 0 Å². The van der Waals surface area contributed by atoms with E-state index in [1.165, 1.54) is 43.8 Å². The molecule has 2 heteroatoms. The highest BCUT2D eigenvalue weighted by atomic mass is 32.2. The molecule has 0 nitrogen and oxygen atoms in total. The van der Waals surface area contributed by atoms with Crippen LogP contribution in [0.2, 0.25) is 0 Å². The van der Waals surface area contributed by atoms with Crippen molar-refractivity contribution >= 4 is 45.1 Å². The standard InChI is InChI=1S/C24H20S2/c1-25-23-19-11-15-7-3-5-9-17(15)13-21(19)24(26-2)22-14-18-10-6-4-8-16(18)12-20(22)23/h3-14,23-24H,1-2H3. The van der Waals surface area contributed by atoms with E-state index in [1.807, 2.05) is 23.5 Å². The summed E-state index contributed by atoms with van der Waals surface area (Å²) in [4.78, 5) is 0. The Kier molecular flexibility index (Phi) is 3.99.